The van der Waals surface area contributed by atoms with Gasteiger partial charge < -0.3 is 9.47 Å². The Morgan fingerprint density at radius 3 is 2.09 bits per heavy atom. The third-order valence-corrected chi connectivity index (χ3v) is 6.30. The number of benzene rings is 2. The zero-order chi connectivity index (χ0) is 23.9. The van der Waals surface area contributed by atoms with Gasteiger partial charge in [0.2, 0.25) is 0 Å². The first-order chi connectivity index (χ1) is 16.0. The Bertz CT molecular complexity index is 779. The third-order valence-electron chi connectivity index (χ3n) is 6.30. The molecule has 0 amide bonds. The van der Waals surface area contributed by atoms with Gasteiger partial charge >= 0.3 is 5.97 Å². The molecule has 0 spiro atoms. The summed E-state index contributed by atoms with van der Waals surface area (Å²) < 4.78 is 11.3. The molecule has 0 heterocycles. The van der Waals surface area contributed by atoms with Crippen molar-refractivity contribution in [1.82, 2.24) is 0 Å². The maximum atomic E-state index is 12.0. The van der Waals surface area contributed by atoms with Crippen LogP contribution >= 0.6 is 0 Å². The van der Waals surface area contributed by atoms with Crippen LogP contribution in [0.4, 0.5) is 0 Å². The number of hydrogen-bond donors (Lipinski definition) is 0. The van der Waals surface area contributed by atoms with E-state index in [1.165, 1.54) is 48.8 Å². The standard InChI is InChI=1S/C30H44O3/c1-5-7-8-9-10-13-26-15-17-27(18-16-26)28-19-21-29(22-20-28)32-23-25(4)33-30(31)14-11-12-24(3)6-2/h15-22,24-25H,5-14,23H2,1-4H3. The van der Waals surface area contributed by atoms with Gasteiger partial charge in [0.05, 0.1) is 0 Å². The summed E-state index contributed by atoms with van der Waals surface area (Å²) in [6.07, 6.45) is 11.1. The van der Waals surface area contributed by atoms with E-state index in [9.17, 15) is 4.79 Å². The van der Waals surface area contributed by atoms with E-state index in [-0.39, 0.29) is 12.1 Å². The van der Waals surface area contributed by atoms with Crippen LogP contribution in [0.1, 0.15) is 91.0 Å². The first-order valence-corrected chi connectivity index (χ1v) is 13.0. The molecule has 2 atom stereocenters. The molecule has 0 aliphatic carbocycles. The van der Waals surface area contributed by atoms with Crippen LogP contribution in [0.3, 0.4) is 0 Å². The SMILES string of the molecule is CCCCCCCc1ccc(-c2ccc(OCC(C)OC(=O)CCCC(C)CC)cc2)cc1. The van der Waals surface area contributed by atoms with E-state index in [0.29, 0.717) is 18.9 Å². The molecule has 2 aromatic carbocycles. The Balaban J connectivity index is 1.72. The molecule has 0 saturated heterocycles. The summed E-state index contributed by atoms with van der Waals surface area (Å²) in [4.78, 5) is 12.0. The number of hydrogen-bond acceptors (Lipinski definition) is 3. The van der Waals surface area contributed by atoms with Crippen LogP contribution in [0.15, 0.2) is 48.5 Å². The van der Waals surface area contributed by atoms with Crippen LogP contribution < -0.4 is 4.74 Å². The number of rotatable bonds is 16. The van der Waals surface area contributed by atoms with Gasteiger partial charge in [-0.25, -0.2) is 0 Å². The molecule has 0 aliphatic heterocycles. The molecule has 2 rings (SSSR count). The second-order valence-corrected chi connectivity index (χ2v) is 9.40. The number of aryl methyl sites for hydroxylation is 1. The largest absolute Gasteiger partial charge is 0.490 e. The average Bonchev–Trinajstić information content (AvgIpc) is 2.83. The highest BCUT2D eigenvalue weighted by atomic mass is 16.6. The zero-order valence-electron chi connectivity index (χ0n) is 21.3. The Labute approximate surface area is 201 Å². The number of esters is 1. The first-order valence-electron chi connectivity index (χ1n) is 13.0. The quantitative estimate of drug-likeness (QED) is 0.189. The van der Waals surface area contributed by atoms with Crippen molar-refractivity contribution in [2.24, 2.45) is 5.92 Å². The lowest BCUT2D eigenvalue weighted by atomic mass is 10.0. The van der Waals surface area contributed by atoms with Crippen molar-refractivity contribution in [1.29, 1.82) is 0 Å². The van der Waals surface area contributed by atoms with E-state index in [4.69, 9.17) is 9.47 Å². The first kappa shape index (κ1) is 27.0. The number of carbonyl (C=O) groups excluding carboxylic acids is 1. The van der Waals surface area contributed by atoms with E-state index >= 15 is 0 Å². The van der Waals surface area contributed by atoms with Crippen LogP contribution in [-0.2, 0) is 16.0 Å². The highest BCUT2D eigenvalue weighted by Crippen LogP contribution is 2.23. The molecule has 2 aromatic rings. The third kappa shape index (κ3) is 10.9. The molecule has 0 N–H and O–H groups in total. The van der Waals surface area contributed by atoms with Crippen LogP contribution in [0.2, 0.25) is 0 Å². The topological polar surface area (TPSA) is 35.5 Å². The highest BCUT2D eigenvalue weighted by Gasteiger charge is 2.11. The maximum absolute atomic E-state index is 12.0. The number of carbonyl (C=O) groups is 1. The van der Waals surface area contributed by atoms with Crippen LogP contribution in [-0.4, -0.2) is 18.7 Å². The van der Waals surface area contributed by atoms with Gasteiger partial charge in [-0.1, -0.05) is 95.7 Å². The Morgan fingerprint density at radius 1 is 0.818 bits per heavy atom. The molecule has 33 heavy (non-hydrogen) atoms. The molecule has 0 aromatic heterocycles. The number of ether oxygens (including phenoxy) is 2. The van der Waals surface area contributed by atoms with Gasteiger partial charge in [0, 0.05) is 6.42 Å². The summed E-state index contributed by atoms with van der Waals surface area (Å²) in [5.41, 5.74) is 3.81. The lowest BCUT2D eigenvalue weighted by Crippen LogP contribution is -2.22. The van der Waals surface area contributed by atoms with E-state index < -0.39 is 0 Å². The summed E-state index contributed by atoms with van der Waals surface area (Å²) in [5, 5.41) is 0. The highest BCUT2D eigenvalue weighted by molar-refractivity contribution is 5.69. The lowest BCUT2D eigenvalue weighted by Gasteiger charge is -2.15. The van der Waals surface area contributed by atoms with Crippen molar-refractivity contribution in [2.45, 2.75) is 98.0 Å². The summed E-state index contributed by atoms with van der Waals surface area (Å²) in [6.45, 7) is 8.90. The second kappa shape index (κ2) is 15.5. The summed E-state index contributed by atoms with van der Waals surface area (Å²) >= 11 is 0. The van der Waals surface area contributed by atoms with Gasteiger partial charge in [-0.3, -0.25) is 4.79 Å². The van der Waals surface area contributed by atoms with Crippen molar-refractivity contribution in [3.8, 4) is 16.9 Å². The smallest absolute Gasteiger partial charge is 0.306 e. The average molecular weight is 453 g/mol. The van der Waals surface area contributed by atoms with Crippen molar-refractivity contribution in [2.75, 3.05) is 6.61 Å². The second-order valence-electron chi connectivity index (χ2n) is 9.40. The molecule has 3 nitrogen and oxygen atoms in total. The molecule has 3 heteroatoms. The minimum Gasteiger partial charge on any atom is -0.490 e. The molecule has 0 radical (unpaired) electrons. The Morgan fingerprint density at radius 2 is 1.45 bits per heavy atom. The normalized spacial score (nSPS) is 12.8. The van der Waals surface area contributed by atoms with Crippen molar-refractivity contribution < 1.29 is 14.3 Å². The summed E-state index contributed by atoms with van der Waals surface area (Å²) in [7, 11) is 0. The van der Waals surface area contributed by atoms with Gasteiger partial charge in [-0.2, -0.15) is 0 Å². The molecule has 0 aliphatic rings. The van der Waals surface area contributed by atoms with Crippen molar-refractivity contribution in [3.63, 3.8) is 0 Å². The molecule has 182 valence electrons. The van der Waals surface area contributed by atoms with Crippen molar-refractivity contribution >= 4 is 5.97 Å². The van der Waals surface area contributed by atoms with Gasteiger partial charge in [0.25, 0.3) is 0 Å². The minimum absolute atomic E-state index is 0.130. The van der Waals surface area contributed by atoms with E-state index in [1.54, 1.807) is 0 Å². The predicted molar refractivity (Wildman–Crippen MR) is 139 cm³/mol. The monoisotopic (exact) mass is 452 g/mol. The maximum Gasteiger partial charge on any atom is 0.306 e. The van der Waals surface area contributed by atoms with Gasteiger partial charge in [-0.15, -0.1) is 0 Å². The fraction of sp³-hybridized carbons (Fsp3) is 0.567. The van der Waals surface area contributed by atoms with Crippen LogP contribution in [0.5, 0.6) is 5.75 Å². The fourth-order valence-corrected chi connectivity index (χ4v) is 3.87. The van der Waals surface area contributed by atoms with Gasteiger partial charge in [0.15, 0.2) is 0 Å². The lowest BCUT2D eigenvalue weighted by molar-refractivity contribution is -0.149. The Hall–Kier alpha value is -2.29. The van der Waals surface area contributed by atoms with E-state index in [1.807, 2.05) is 19.1 Å². The molecule has 0 bridgehead atoms. The molecule has 2 unspecified atom stereocenters. The molecular formula is C30H44O3. The summed E-state index contributed by atoms with van der Waals surface area (Å²) in [5.74, 6) is 1.33. The minimum atomic E-state index is -0.254. The van der Waals surface area contributed by atoms with Crippen LogP contribution in [0, 0.1) is 5.92 Å². The molecular weight excluding hydrogens is 408 g/mol. The zero-order valence-corrected chi connectivity index (χ0v) is 21.3. The van der Waals surface area contributed by atoms with E-state index in [0.717, 1.165) is 31.4 Å². The van der Waals surface area contributed by atoms with E-state index in [2.05, 4.69) is 57.2 Å². The van der Waals surface area contributed by atoms with Gasteiger partial charge in [0.1, 0.15) is 18.5 Å². The summed E-state index contributed by atoms with van der Waals surface area (Å²) in [6, 6.07) is 17.0. The Kier molecular flexibility index (Phi) is 12.7. The molecule has 0 fully saturated rings. The molecule has 0 saturated carbocycles. The predicted octanol–water partition coefficient (Wildman–Crippen LogP) is 8.39. The number of unbranched alkanes of at least 4 members (excludes halogenated alkanes) is 4. The van der Waals surface area contributed by atoms with Crippen molar-refractivity contribution in [3.05, 3.63) is 54.1 Å². The van der Waals surface area contributed by atoms with Crippen LogP contribution in [0.25, 0.3) is 11.1 Å². The van der Waals surface area contributed by atoms with Gasteiger partial charge in [-0.05, 0) is 60.9 Å². The fourth-order valence-electron chi connectivity index (χ4n) is 3.87.